The summed E-state index contributed by atoms with van der Waals surface area (Å²) in [6, 6.07) is 8.04. The first kappa shape index (κ1) is 19.3. The number of tetrazole rings is 1. The number of ether oxygens (including phenoxy) is 1. The van der Waals surface area contributed by atoms with Crippen LogP contribution in [0.4, 0.5) is 13.2 Å². The fraction of sp³-hybridized carbons (Fsp3) is 0.235. The monoisotopic (exact) mass is 392 g/mol. The third-order valence-electron chi connectivity index (χ3n) is 3.72. The van der Waals surface area contributed by atoms with Gasteiger partial charge in [0.2, 0.25) is 5.88 Å². The molecule has 2 aromatic heterocycles. The SMILES string of the molecule is Cc1cc(C(=O)NCc2cccnc2OCC(F)(F)F)ccc1-n1cnnn1. The van der Waals surface area contributed by atoms with Crippen molar-refractivity contribution in [1.29, 1.82) is 0 Å². The fourth-order valence-corrected chi connectivity index (χ4v) is 2.44. The molecule has 0 fully saturated rings. The molecule has 0 unspecified atom stereocenters. The number of alkyl halides is 3. The Labute approximate surface area is 157 Å². The highest BCUT2D eigenvalue weighted by Gasteiger charge is 2.29. The lowest BCUT2D eigenvalue weighted by atomic mass is 10.1. The third kappa shape index (κ3) is 4.81. The van der Waals surface area contributed by atoms with Gasteiger partial charge in [0, 0.05) is 23.9 Å². The molecule has 0 saturated carbocycles. The zero-order valence-electron chi connectivity index (χ0n) is 14.6. The van der Waals surface area contributed by atoms with Gasteiger partial charge in [-0.25, -0.2) is 9.67 Å². The highest BCUT2D eigenvalue weighted by atomic mass is 19.4. The Morgan fingerprint density at radius 3 is 2.79 bits per heavy atom. The zero-order valence-corrected chi connectivity index (χ0v) is 14.6. The number of aromatic nitrogens is 5. The predicted octanol–water partition coefficient (Wildman–Crippen LogP) is 2.24. The predicted molar refractivity (Wildman–Crippen MR) is 90.8 cm³/mol. The molecule has 1 aromatic carbocycles. The molecule has 2 heterocycles. The van der Waals surface area contributed by atoms with Gasteiger partial charge in [-0.2, -0.15) is 13.2 Å². The number of carbonyl (C=O) groups is 1. The van der Waals surface area contributed by atoms with E-state index in [9.17, 15) is 18.0 Å². The molecule has 0 aliphatic carbocycles. The summed E-state index contributed by atoms with van der Waals surface area (Å²) in [5.41, 5.74) is 2.21. The minimum Gasteiger partial charge on any atom is -0.468 e. The molecule has 1 N–H and O–H groups in total. The zero-order chi connectivity index (χ0) is 20.1. The Hall–Kier alpha value is -3.50. The van der Waals surface area contributed by atoms with Crippen molar-refractivity contribution in [2.75, 3.05) is 6.61 Å². The third-order valence-corrected chi connectivity index (χ3v) is 3.72. The summed E-state index contributed by atoms with van der Waals surface area (Å²) in [5.74, 6) is -0.567. The average Bonchev–Trinajstić information content (AvgIpc) is 3.18. The number of nitrogens with zero attached hydrogens (tertiary/aromatic N) is 5. The molecule has 28 heavy (non-hydrogen) atoms. The van der Waals surface area contributed by atoms with E-state index in [1.165, 1.54) is 23.3 Å². The molecule has 0 saturated heterocycles. The topological polar surface area (TPSA) is 94.8 Å². The molecule has 1 amide bonds. The van der Waals surface area contributed by atoms with Crippen LogP contribution in [0.3, 0.4) is 0 Å². The summed E-state index contributed by atoms with van der Waals surface area (Å²) < 4.78 is 43.2. The van der Waals surface area contributed by atoms with Crippen LogP contribution in [-0.2, 0) is 6.54 Å². The minimum absolute atomic E-state index is 0.0341. The standard InChI is InChI=1S/C17H15F3N6O2/c1-11-7-12(4-5-14(11)26-10-23-24-25-26)15(27)22-8-13-3-2-6-21-16(13)28-9-17(18,19)20/h2-7,10H,8-9H2,1H3,(H,22,27). The van der Waals surface area contributed by atoms with Crippen LogP contribution in [0.15, 0.2) is 42.9 Å². The maximum Gasteiger partial charge on any atom is 0.422 e. The first-order chi connectivity index (χ1) is 13.3. The molecule has 146 valence electrons. The van der Waals surface area contributed by atoms with Gasteiger partial charge in [0.05, 0.1) is 5.69 Å². The summed E-state index contributed by atoms with van der Waals surface area (Å²) >= 11 is 0. The van der Waals surface area contributed by atoms with E-state index in [1.54, 1.807) is 31.2 Å². The van der Waals surface area contributed by atoms with E-state index in [2.05, 4.69) is 25.8 Å². The van der Waals surface area contributed by atoms with Crippen LogP contribution in [0.5, 0.6) is 5.88 Å². The minimum atomic E-state index is -4.48. The van der Waals surface area contributed by atoms with E-state index in [4.69, 9.17) is 4.74 Å². The van der Waals surface area contributed by atoms with Gasteiger partial charge in [-0.15, -0.1) is 5.10 Å². The van der Waals surface area contributed by atoms with Crippen LogP contribution in [-0.4, -0.2) is 43.9 Å². The van der Waals surface area contributed by atoms with Crippen LogP contribution in [0.25, 0.3) is 5.69 Å². The number of benzene rings is 1. The number of halogens is 3. The lowest BCUT2D eigenvalue weighted by molar-refractivity contribution is -0.154. The summed E-state index contributed by atoms with van der Waals surface area (Å²) in [6.45, 7) is 0.314. The van der Waals surface area contributed by atoms with Gasteiger partial charge in [-0.05, 0) is 47.2 Å². The molecule has 3 rings (SSSR count). The molecule has 11 heteroatoms. The lowest BCUT2D eigenvalue weighted by Gasteiger charge is -2.13. The van der Waals surface area contributed by atoms with Crippen LogP contribution >= 0.6 is 0 Å². The van der Waals surface area contributed by atoms with E-state index >= 15 is 0 Å². The Kier molecular flexibility index (Phi) is 5.52. The number of amides is 1. The number of hydrogen-bond donors (Lipinski definition) is 1. The Morgan fingerprint density at radius 2 is 2.11 bits per heavy atom. The van der Waals surface area contributed by atoms with E-state index in [0.717, 1.165) is 11.3 Å². The second-order valence-electron chi connectivity index (χ2n) is 5.81. The van der Waals surface area contributed by atoms with Crippen molar-refractivity contribution in [2.45, 2.75) is 19.6 Å². The number of carbonyl (C=O) groups excluding carboxylic acids is 1. The highest BCUT2D eigenvalue weighted by Crippen LogP contribution is 2.20. The number of nitrogens with one attached hydrogen (secondary N) is 1. The summed E-state index contributed by atoms with van der Waals surface area (Å²) in [5, 5.41) is 13.6. The van der Waals surface area contributed by atoms with Gasteiger partial charge < -0.3 is 10.1 Å². The van der Waals surface area contributed by atoms with Crippen LogP contribution < -0.4 is 10.1 Å². The van der Waals surface area contributed by atoms with Crippen molar-refractivity contribution in [3.63, 3.8) is 0 Å². The summed E-state index contributed by atoms with van der Waals surface area (Å²) in [7, 11) is 0. The van der Waals surface area contributed by atoms with Gasteiger partial charge in [-0.3, -0.25) is 4.79 Å². The van der Waals surface area contributed by atoms with Gasteiger partial charge >= 0.3 is 6.18 Å². The largest absolute Gasteiger partial charge is 0.468 e. The Balaban J connectivity index is 1.67. The van der Waals surface area contributed by atoms with Gasteiger partial charge in [0.25, 0.3) is 5.91 Å². The van der Waals surface area contributed by atoms with Crippen molar-refractivity contribution in [3.8, 4) is 11.6 Å². The first-order valence-electron chi connectivity index (χ1n) is 8.09. The molecule has 0 aliphatic rings. The fourth-order valence-electron chi connectivity index (χ4n) is 2.44. The maximum atomic E-state index is 12.4. The molecule has 0 aliphatic heterocycles. The normalized spacial score (nSPS) is 11.3. The Bertz CT molecular complexity index is 960. The van der Waals surface area contributed by atoms with Gasteiger partial charge in [0.1, 0.15) is 6.33 Å². The van der Waals surface area contributed by atoms with Crippen molar-refractivity contribution in [2.24, 2.45) is 0 Å². The van der Waals surface area contributed by atoms with Gasteiger partial charge in [0.15, 0.2) is 6.61 Å². The van der Waals surface area contributed by atoms with Gasteiger partial charge in [-0.1, -0.05) is 6.07 Å². The van der Waals surface area contributed by atoms with Crippen LogP contribution in [0.1, 0.15) is 21.5 Å². The molecular formula is C17H15F3N6O2. The number of pyridine rings is 1. The molecular weight excluding hydrogens is 377 g/mol. The summed E-state index contributed by atoms with van der Waals surface area (Å²) in [4.78, 5) is 16.2. The first-order valence-corrected chi connectivity index (χ1v) is 8.09. The van der Waals surface area contributed by atoms with Crippen molar-refractivity contribution in [1.82, 2.24) is 30.5 Å². The van der Waals surface area contributed by atoms with Crippen molar-refractivity contribution < 1.29 is 22.7 Å². The molecule has 8 nitrogen and oxygen atoms in total. The maximum absolute atomic E-state index is 12.4. The smallest absolute Gasteiger partial charge is 0.422 e. The number of hydrogen-bond acceptors (Lipinski definition) is 6. The molecule has 0 spiro atoms. The van der Waals surface area contributed by atoms with E-state index in [0.29, 0.717) is 11.1 Å². The second kappa shape index (κ2) is 8.03. The Morgan fingerprint density at radius 1 is 1.29 bits per heavy atom. The van der Waals surface area contributed by atoms with Crippen LogP contribution in [0, 0.1) is 6.92 Å². The van der Waals surface area contributed by atoms with Crippen molar-refractivity contribution >= 4 is 5.91 Å². The quantitative estimate of drug-likeness (QED) is 0.691. The lowest BCUT2D eigenvalue weighted by Crippen LogP contribution is -2.24. The molecule has 3 aromatic rings. The average molecular weight is 392 g/mol. The molecule has 0 atom stereocenters. The van der Waals surface area contributed by atoms with E-state index in [-0.39, 0.29) is 12.4 Å². The molecule has 0 bridgehead atoms. The van der Waals surface area contributed by atoms with E-state index < -0.39 is 18.7 Å². The summed E-state index contributed by atoms with van der Waals surface area (Å²) in [6.07, 6.45) is -1.72. The highest BCUT2D eigenvalue weighted by molar-refractivity contribution is 5.94. The van der Waals surface area contributed by atoms with Crippen molar-refractivity contribution in [3.05, 3.63) is 59.5 Å². The second-order valence-corrected chi connectivity index (χ2v) is 5.81. The molecule has 0 radical (unpaired) electrons. The number of rotatable bonds is 6. The number of aryl methyl sites for hydroxylation is 1. The van der Waals surface area contributed by atoms with E-state index in [1.807, 2.05) is 0 Å². The van der Waals surface area contributed by atoms with Crippen LogP contribution in [0.2, 0.25) is 0 Å².